The summed E-state index contributed by atoms with van der Waals surface area (Å²) in [5.41, 5.74) is 1.07. The number of piperidine rings is 1. The van der Waals surface area contributed by atoms with Crippen molar-refractivity contribution in [1.82, 2.24) is 10.2 Å². The molecule has 1 aliphatic heterocycles. The first kappa shape index (κ1) is 16.4. The number of halogens is 3. The molecule has 0 spiro atoms. The molecule has 21 heavy (non-hydrogen) atoms. The van der Waals surface area contributed by atoms with E-state index < -0.39 is 12.1 Å². The van der Waals surface area contributed by atoms with Gasteiger partial charge in [0.25, 0.3) is 0 Å². The molecule has 0 amide bonds. The van der Waals surface area contributed by atoms with E-state index >= 15 is 0 Å². The van der Waals surface area contributed by atoms with Crippen LogP contribution in [0.25, 0.3) is 0 Å². The Balaban J connectivity index is 1.78. The minimum atomic E-state index is -4.05. The van der Waals surface area contributed by atoms with Gasteiger partial charge in [-0.05, 0) is 32.0 Å². The first-order chi connectivity index (χ1) is 9.84. The van der Waals surface area contributed by atoms with Gasteiger partial charge >= 0.3 is 6.18 Å². The Morgan fingerprint density at radius 3 is 2.57 bits per heavy atom. The van der Waals surface area contributed by atoms with Crippen molar-refractivity contribution in [2.75, 3.05) is 13.1 Å². The average molecular weight is 304 g/mol. The van der Waals surface area contributed by atoms with Crippen LogP contribution < -0.4 is 5.32 Å². The second kappa shape index (κ2) is 6.83. The van der Waals surface area contributed by atoms with Crippen LogP contribution in [0.1, 0.15) is 38.0 Å². The predicted octanol–water partition coefficient (Wildman–Crippen LogP) is 3.55. The maximum atomic E-state index is 12.6. The number of nitrogens with zero attached hydrogens (tertiary/aromatic N) is 1. The summed E-state index contributed by atoms with van der Waals surface area (Å²) < 4.78 is 43.3. The van der Waals surface area contributed by atoms with Gasteiger partial charge in [0.2, 0.25) is 0 Å². The van der Waals surface area contributed by atoms with Gasteiger partial charge in [0.1, 0.15) is 5.76 Å². The highest BCUT2D eigenvalue weighted by Crippen LogP contribution is 2.34. The van der Waals surface area contributed by atoms with Gasteiger partial charge in [-0.3, -0.25) is 4.90 Å². The van der Waals surface area contributed by atoms with E-state index in [0.717, 1.165) is 17.9 Å². The van der Waals surface area contributed by atoms with Crippen molar-refractivity contribution in [2.45, 2.75) is 52.0 Å². The zero-order valence-corrected chi connectivity index (χ0v) is 12.5. The molecule has 1 N–H and O–H groups in total. The lowest BCUT2D eigenvalue weighted by atomic mass is 9.96. The van der Waals surface area contributed by atoms with Crippen LogP contribution in [0.5, 0.6) is 0 Å². The Bertz CT molecular complexity index is 434. The summed E-state index contributed by atoms with van der Waals surface area (Å²) in [7, 11) is 0. The minimum absolute atomic E-state index is 0.186. The van der Waals surface area contributed by atoms with E-state index in [-0.39, 0.29) is 12.8 Å². The maximum Gasteiger partial charge on any atom is 0.391 e. The molecular weight excluding hydrogens is 281 g/mol. The van der Waals surface area contributed by atoms with E-state index in [2.05, 4.69) is 19.2 Å². The highest BCUT2D eigenvalue weighted by Gasteiger charge is 2.41. The van der Waals surface area contributed by atoms with E-state index in [1.165, 1.54) is 0 Å². The smallest absolute Gasteiger partial charge is 0.391 e. The fourth-order valence-corrected chi connectivity index (χ4v) is 2.56. The number of alkyl halides is 3. The number of likely N-dealkylation sites (tertiary alicyclic amines) is 1. The van der Waals surface area contributed by atoms with Crippen molar-refractivity contribution in [3.05, 3.63) is 23.7 Å². The molecule has 120 valence electrons. The Kier molecular flexibility index (Phi) is 5.32. The quantitative estimate of drug-likeness (QED) is 0.902. The molecule has 1 saturated heterocycles. The molecule has 0 aromatic carbocycles. The normalized spacial score (nSPS) is 18.6. The molecule has 1 fully saturated rings. The molecule has 0 aliphatic carbocycles. The van der Waals surface area contributed by atoms with Crippen LogP contribution >= 0.6 is 0 Å². The van der Waals surface area contributed by atoms with Crippen LogP contribution in [0, 0.1) is 5.92 Å². The molecule has 2 rings (SSSR count). The second-order valence-corrected chi connectivity index (χ2v) is 6.05. The third-order valence-electron chi connectivity index (χ3n) is 3.85. The number of furan rings is 1. The Morgan fingerprint density at radius 2 is 2.00 bits per heavy atom. The van der Waals surface area contributed by atoms with Crippen LogP contribution in [0.4, 0.5) is 13.2 Å². The van der Waals surface area contributed by atoms with E-state index in [1.54, 1.807) is 6.26 Å². The molecule has 1 aromatic heterocycles. The zero-order chi connectivity index (χ0) is 15.5. The fourth-order valence-electron chi connectivity index (χ4n) is 2.56. The van der Waals surface area contributed by atoms with Gasteiger partial charge in [-0.1, -0.05) is 13.8 Å². The van der Waals surface area contributed by atoms with Gasteiger partial charge in [-0.2, -0.15) is 13.2 Å². The fraction of sp³-hybridized carbons (Fsp3) is 0.733. The van der Waals surface area contributed by atoms with E-state index in [4.69, 9.17) is 4.42 Å². The van der Waals surface area contributed by atoms with E-state index in [9.17, 15) is 13.2 Å². The summed E-state index contributed by atoms with van der Waals surface area (Å²) in [6, 6.07) is 2.38. The van der Waals surface area contributed by atoms with E-state index in [1.807, 2.05) is 11.0 Å². The molecular formula is C15H23F3N2O. The monoisotopic (exact) mass is 304 g/mol. The van der Waals surface area contributed by atoms with Crippen LogP contribution in [-0.4, -0.2) is 30.2 Å². The third-order valence-corrected chi connectivity index (χ3v) is 3.85. The lowest BCUT2D eigenvalue weighted by molar-refractivity contribution is -0.185. The van der Waals surface area contributed by atoms with Gasteiger partial charge in [0.15, 0.2) is 0 Å². The van der Waals surface area contributed by atoms with Crippen molar-refractivity contribution in [3.63, 3.8) is 0 Å². The molecule has 2 heterocycles. The van der Waals surface area contributed by atoms with Crippen molar-refractivity contribution in [2.24, 2.45) is 5.92 Å². The van der Waals surface area contributed by atoms with Crippen molar-refractivity contribution >= 4 is 0 Å². The van der Waals surface area contributed by atoms with Gasteiger partial charge in [0, 0.05) is 18.2 Å². The summed E-state index contributed by atoms with van der Waals surface area (Å²) >= 11 is 0. The summed E-state index contributed by atoms with van der Waals surface area (Å²) in [5.74, 6) is -0.322. The largest absolute Gasteiger partial charge is 0.468 e. The second-order valence-electron chi connectivity index (χ2n) is 6.05. The van der Waals surface area contributed by atoms with Crippen LogP contribution in [0.3, 0.4) is 0 Å². The van der Waals surface area contributed by atoms with Crippen LogP contribution in [-0.2, 0) is 13.1 Å². The SMILES string of the molecule is CC(C)NCc1coc(CN2CCC(C(F)(F)F)CC2)c1. The number of hydrogen-bond donors (Lipinski definition) is 1. The molecule has 0 bridgehead atoms. The van der Waals surface area contributed by atoms with Crippen molar-refractivity contribution in [1.29, 1.82) is 0 Å². The standard InChI is InChI=1S/C15H23F3N2O/c1-11(2)19-8-12-7-14(21-10-12)9-20-5-3-13(4-6-20)15(16,17)18/h7,10-11,13,19H,3-6,8-9H2,1-2H3. The molecule has 6 heteroatoms. The first-order valence-electron chi connectivity index (χ1n) is 7.43. The van der Waals surface area contributed by atoms with Crippen LogP contribution in [0.15, 0.2) is 16.7 Å². The average Bonchev–Trinajstić information content (AvgIpc) is 2.83. The number of nitrogens with one attached hydrogen (secondary N) is 1. The first-order valence-corrected chi connectivity index (χ1v) is 7.43. The Morgan fingerprint density at radius 1 is 1.33 bits per heavy atom. The maximum absolute atomic E-state index is 12.6. The Labute approximate surface area is 123 Å². The number of hydrogen-bond acceptors (Lipinski definition) is 3. The topological polar surface area (TPSA) is 28.4 Å². The van der Waals surface area contributed by atoms with Crippen LogP contribution in [0.2, 0.25) is 0 Å². The lowest BCUT2D eigenvalue weighted by Gasteiger charge is -2.32. The molecule has 3 nitrogen and oxygen atoms in total. The predicted molar refractivity (Wildman–Crippen MR) is 74.7 cm³/mol. The van der Waals surface area contributed by atoms with Gasteiger partial charge < -0.3 is 9.73 Å². The van der Waals surface area contributed by atoms with E-state index in [0.29, 0.717) is 25.7 Å². The van der Waals surface area contributed by atoms with Crippen molar-refractivity contribution < 1.29 is 17.6 Å². The minimum Gasteiger partial charge on any atom is -0.468 e. The summed E-state index contributed by atoms with van der Waals surface area (Å²) in [6.45, 7) is 6.44. The molecule has 1 aliphatic rings. The molecule has 0 unspecified atom stereocenters. The highest BCUT2D eigenvalue weighted by atomic mass is 19.4. The van der Waals surface area contributed by atoms with Gasteiger partial charge in [0.05, 0.1) is 18.7 Å². The molecule has 0 saturated carbocycles. The Hall–Kier alpha value is -1.01. The third kappa shape index (κ3) is 5.04. The lowest BCUT2D eigenvalue weighted by Crippen LogP contribution is -2.38. The molecule has 1 aromatic rings. The van der Waals surface area contributed by atoms with Gasteiger partial charge in [-0.25, -0.2) is 0 Å². The highest BCUT2D eigenvalue weighted by molar-refractivity contribution is 5.12. The number of rotatable bonds is 5. The molecule has 0 atom stereocenters. The molecule has 0 radical (unpaired) electrons. The summed E-state index contributed by atoms with van der Waals surface area (Å²) in [6.07, 6.45) is -1.96. The summed E-state index contributed by atoms with van der Waals surface area (Å²) in [5, 5.41) is 3.30. The van der Waals surface area contributed by atoms with Crippen molar-refractivity contribution in [3.8, 4) is 0 Å². The zero-order valence-electron chi connectivity index (χ0n) is 12.5. The summed E-state index contributed by atoms with van der Waals surface area (Å²) in [4.78, 5) is 2.03. The van der Waals surface area contributed by atoms with Gasteiger partial charge in [-0.15, -0.1) is 0 Å².